The summed E-state index contributed by atoms with van der Waals surface area (Å²) in [5.74, 6) is -2.69. The zero-order valence-electron chi connectivity index (χ0n) is 9.15. The maximum Gasteiger partial charge on any atom is 0.573 e. The number of alkyl halides is 3. The van der Waals surface area contributed by atoms with Crippen molar-refractivity contribution >= 4 is 5.97 Å². The normalized spacial score (nSPS) is 14.9. The molecule has 4 N–H and O–H groups in total. The highest BCUT2D eigenvalue weighted by molar-refractivity contribution is 5.81. The Morgan fingerprint density at radius 3 is 2.39 bits per heavy atom. The summed E-state index contributed by atoms with van der Waals surface area (Å²) in [6.45, 7) is 1.04. The van der Waals surface area contributed by atoms with Gasteiger partial charge in [0.25, 0.3) is 0 Å². The standard InChI is InChI=1S/C10H10F3NO4/c1-9(14,8(16)17)6-4-5(2-3-7(6)15)18-10(11,12)13/h2-4,15H,14H2,1H3,(H,16,17)/t9-/m0/s1. The number of aliphatic carboxylic acids is 1. The number of halogens is 3. The average Bonchev–Trinajstić information content (AvgIpc) is 2.18. The van der Waals surface area contributed by atoms with Crippen molar-refractivity contribution in [2.75, 3.05) is 0 Å². The summed E-state index contributed by atoms with van der Waals surface area (Å²) in [7, 11) is 0. The molecule has 8 heteroatoms. The van der Waals surface area contributed by atoms with Gasteiger partial charge in [-0.15, -0.1) is 13.2 Å². The van der Waals surface area contributed by atoms with Crippen molar-refractivity contribution in [1.29, 1.82) is 0 Å². The quantitative estimate of drug-likeness (QED) is 0.771. The lowest BCUT2D eigenvalue weighted by Gasteiger charge is -2.21. The highest BCUT2D eigenvalue weighted by Gasteiger charge is 2.35. The number of phenols is 1. The number of hydrogen-bond acceptors (Lipinski definition) is 4. The summed E-state index contributed by atoms with van der Waals surface area (Å²) in [5, 5.41) is 18.3. The molecule has 0 fully saturated rings. The van der Waals surface area contributed by atoms with Crippen LogP contribution in [0.5, 0.6) is 11.5 Å². The third kappa shape index (κ3) is 3.04. The second-order valence-corrected chi connectivity index (χ2v) is 3.73. The third-order valence-corrected chi connectivity index (χ3v) is 2.21. The molecule has 0 aliphatic carbocycles. The van der Waals surface area contributed by atoms with Gasteiger partial charge in [0.2, 0.25) is 0 Å². The molecule has 0 aliphatic heterocycles. The molecule has 1 aromatic carbocycles. The van der Waals surface area contributed by atoms with E-state index in [1.165, 1.54) is 0 Å². The van der Waals surface area contributed by atoms with E-state index >= 15 is 0 Å². The van der Waals surface area contributed by atoms with E-state index in [4.69, 9.17) is 10.8 Å². The molecule has 1 atom stereocenters. The molecule has 0 aliphatic rings. The predicted molar refractivity (Wildman–Crippen MR) is 54.0 cm³/mol. The number of carbonyl (C=O) groups is 1. The fourth-order valence-electron chi connectivity index (χ4n) is 1.24. The van der Waals surface area contributed by atoms with Gasteiger partial charge >= 0.3 is 12.3 Å². The number of carboxylic acids is 1. The van der Waals surface area contributed by atoms with Crippen molar-refractivity contribution in [1.82, 2.24) is 0 Å². The molecule has 0 unspecified atom stereocenters. The minimum Gasteiger partial charge on any atom is -0.508 e. The van der Waals surface area contributed by atoms with Crippen LogP contribution in [-0.4, -0.2) is 22.5 Å². The first-order valence-corrected chi connectivity index (χ1v) is 4.65. The molecule has 0 heterocycles. The minimum absolute atomic E-state index is 0.378. The molecular formula is C10H10F3NO4. The molecular weight excluding hydrogens is 255 g/mol. The van der Waals surface area contributed by atoms with Gasteiger partial charge in [-0.05, 0) is 25.1 Å². The van der Waals surface area contributed by atoms with Gasteiger partial charge in [0.05, 0.1) is 0 Å². The van der Waals surface area contributed by atoms with Crippen molar-refractivity contribution in [3.05, 3.63) is 23.8 Å². The molecule has 0 radical (unpaired) electrons. The van der Waals surface area contributed by atoms with Crippen molar-refractivity contribution in [3.8, 4) is 11.5 Å². The van der Waals surface area contributed by atoms with E-state index in [-0.39, 0.29) is 5.56 Å². The van der Waals surface area contributed by atoms with Crippen LogP contribution in [0, 0.1) is 0 Å². The van der Waals surface area contributed by atoms with Gasteiger partial charge in [-0.3, -0.25) is 0 Å². The zero-order chi connectivity index (χ0) is 14.1. The Morgan fingerprint density at radius 1 is 1.39 bits per heavy atom. The van der Waals surface area contributed by atoms with Crippen LogP contribution in [0.3, 0.4) is 0 Å². The Kier molecular flexibility index (Phi) is 3.43. The molecule has 1 rings (SSSR count). The number of nitrogens with two attached hydrogens (primary N) is 1. The molecule has 0 amide bonds. The summed E-state index contributed by atoms with van der Waals surface area (Å²) < 4.78 is 39.6. The molecule has 5 nitrogen and oxygen atoms in total. The summed E-state index contributed by atoms with van der Waals surface area (Å²) in [4.78, 5) is 10.9. The van der Waals surface area contributed by atoms with E-state index in [9.17, 15) is 23.1 Å². The second kappa shape index (κ2) is 4.37. The topological polar surface area (TPSA) is 92.8 Å². The van der Waals surface area contributed by atoms with Gasteiger partial charge in [-0.1, -0.05) is 0 Å². The first-order chi connectivity index (χ1) is 8.04. The number of aromatic hydroxyl groups is 1. The van der Waals surface area contributed by atoms with Gasteiger partial charge in [-0.2, -0.15) is 0 Å². The highest BCUT2D eigenvalue weighted by Crippen LogP contribution is 2.33. The van der Waals surface area contributed by atoms with Crippen LogP contribution < -0.4 is 10.5 Å². The summed E-state index contributed by atoms with van der Waals surface area (Å²) in [6.07, 6.45) is -4.91. The van der Waals surface area contributed by atoms with Crippen LogP contribution in [0.1, 0.15) is 12.5 Å². The summed E-state index contributed by atoms with van der Waals surface area (Å²) in [5.41, 5.74) is 3.01. The Labute approximate surface area is 99.6 Å². The van der Waals surface area contributed by atoms with E-state index in [0.717, 1.165) is 25.1 Å². The molecule has 0 spiro atoms. The largest absolute Gasteiger partial charge is 0.573 e. The maximum atomic E-state index is 12.0. The van der Waals surface area contributed by atoms with Gasteiger partial charge in [0, 0.05) is 5.56 Å². The monoisotopic (exact) mass is 265 g/mol. The lowest BCUT2D eigenvalue weighted by Crippen LogP contribution is -2.41. The van der Waals surface area contributed by atoms with Gasteiger partial charge in [0.1, 0.15) is 17.0 Å². The molecule has 0 saturated carbocycles. The Balaban J connectivity index is 3.21. The van der Waals surface area contributed by atoms with Gasteiger partial charge < -0.3 is 20.7 Å². The summed E-state index contributed by atoms with van der Waals surface area (Å²) in [6, 6.07) is 2.46. The Hall–Kier alpha value is -1.96. The van der Waals surface area contributed by atoms with E-state index in [2.05, 4.69) is 4.74 Å². The number of carboxylic acid groups (broad SMARTS) is 1. The van der Waals surface area contributed by atoms with E-state index in [1.807, 2.05) is 0 Å². The van der Waals surface area contributed by atoms with Crippen molar-refractivity contribution < 1.29 is 32.9 Å². The van der Waals surface area contributed by atoms with Crippen molar-refractivity contribution in [3.63, 3.8) is 0 Å². The Morgan fingerprint density at radius 2 is 1.94 bits per heavy atom. The third-order valence-electron chi connectivity index (χ3n) is 2.21. The predicted octanol–water partition coefficient (Wildman–Crippen LogP) is 1.55. The second-order valence-electron chi connectivity index (χ2n) is 3.73. The minimum atomic E-state index is -4.91. The first-order valence-electron chi connectivity index (χ1n) is 4.65. The number of phenolic OH excluding ortho intramolecular Hbond substituents is 1. The van der Waals surface area contributed by atoms with E-state index in [0.29, 0.717) is 0 Å². The fraction of sp³-hybridized carbons (Fsp3) is 0.300. The lowest BCUT2D eigenvalue weighted by atomic mass is 9.92. The van der Waals surface area contributed by atoms with Crippen LogP contribution >= 0.6 is 0 Å². The van der Waals surface area contributed by atoms with Crippen LogP contribution in [0.4, 0.5) is 13.2 Å². The smallest absolute Gasteiger partial charge is 0.508 e. The van der Waals surface area contributed by atoms with Gasteiger partial charge in [-0.25, -0.2) is 4.79 Å². The molecule has 18 heavy (non-hydrogen) atoms. The van der Waals surface area contributed by atoms with Crippen LogP contribution in [0.15, 0.2) is 18.2 Å². The molecule has 0 aromatic heterocycles. The maximum absolute atomic E-state index is 12.0. The van der Waals surface area contributed by atoms with Crippen LogP contribution in [-0.2, 0) is 10.3 Å². The number of hydrogen-bond donors (Lipinski definition) is 3. The van der Waals surface area contributed by atoms with Gasteiger partial charge in [0.15, 0.2) is 0 Å². The summed E-state index contributed by atoms with van der Waals surface area (Å²) >= 11 is 0. The van der Waals surface area contributed by atoms with E-state index in [1.54, 1.807) is 0 Å². The number of ether oxygens (including phenoxy) is 1. The average molecular weight is 265 g/mol. The SMILES string of the molecule is C[C@@](N)(C(=O)O)c1cc(OC(F)(F)F)ccc1O. The first kappa shape index (κ1) is 14.1. The Bertz CT molecular complexity index is 471. The number of rotatable bonds is 3. The van der Waals surface area contributed by atoms with Crippen molar-refractivity contribution in [2.24, 2.45) is 5.73 Å². The fourth-order valence-corrected chi connectivity index (χ4v) is 1.24. The molecule has 1 aromatic rings. The molecule has 0 saturated heterocycles. The van der Waals surface area contributed by atoms with E-state index < -0.39 is 29.4 Å². The van der Waals surface area contributed by atoms with Crippen molar-refractivity contribution in [2.45, 2.75) is 18.8 Å². The van der Waals surface area contributed by atoms with Crippen LogP contribution in [0.25, 0.3) is 0 Å². The number of benzene rings is 1. The lowest BCUT2D eigenvalue weighted by molar-refractivity contribution is -0.274. The van der Waals surface area contributed by atoms with Crippen LogP contribution in [0.2, 0.25) is 0 Å². The molecule has 0 bridgehead atoms. The zero-order valence-corrected chi connectivity index (χ0v) is 9.15. The highest BCUT2D eigenvalue weighted by atomic mass is 19.4. The molecule has 100 valence electrons.